The van der Waals surface area contributed by atoms with E-state index in [1.54, 1.807) is 14.1 Å². The molecule has 0 atom stereocenters. The zero-order chi connectivity index (χ0) is 21.9. The number of benzene rings is 2. The number of morpholine rings is 1. The third kappa shape index (κ3) is 7.38. The Kier molecular flexibility index (Phi) is 8.87. The highest BCUT2D eigenvalue weighted by Crippen LogP contribution is 2.09. The van der Waals surface area contributed by atoms with E-state index in [-0.39, 0.29) is 5.91 Å². The summed E-state index contributed by atoms with van der Waals surface area (Å²) in [6.07, 6.45) is 0.807. The standard InChI is InChI=1S/C24H33N5O2/c1-25-23(30)22-5-3-4-19(16-22)10-11-27-24(26-2)28-17-20-6-8-21(9-7-20)18-29-12-14-31-15-13-29/h3-9,16H,10-15,17-18H2,1-2H3,(H,25,30)(H2,26,27,28). The van der Waals surface area contributed by atoms with E-state index >= 15 is 0 Å². The third-order valence-corrected chi connectivity index (χ3v) is 5.34. The van der Waals surface area contributed by atoms with Gasteiger partial charge in [0, 0.05) is 52.4 Å². The molecule has 1 aliphatic heterocycles. The normalized spacial score (nSPS) is 14.8. The van der Waals surface area contributed by atoms with Gasteiger partial charge in [-0.3, -0.25) is 14.7 Å². The first kappa shape index (κ1) is 22.8. The van der Waals surface area contributed by atoms with Crippen LogP contribution in [0.5, 0.6) is 0 Å². The van der Waals surface area contributed by atoms with Crippen LogP contribution in [0.2, 0.25) is 0 Å². The monoisotopic (exact) mass is 423 g/mol. The van der Waals surface area contributed by atoms with Crippen molar-refractivity contribution < 1.29 is 9.53 Å². The Morgan fingerprint density at radius 2 is 1.77 bits per heavy atom. The van der Waals surface area contributed by atoms with Gasteiger partial charge in [0.1, 0.15) is 0 Å². The lowest BCUT2D eigenvalue weighted by atomic mass is 10.1. The number of amides is 1. The van der Waals surface area contributed by atoms with Crippen LogP contribution >= 0.6 is 0 Å². The largest absolute Gasteiger partial charge is 0.379 e. The Hall–Kier alpha value is -2.90. The van der Waals surface area contributed by atoms with Gasteiger partial charge in [-0.25, -0.2) is 0 Å². The summed E-state index contributed by atoms with van der Waals surface area (Å²) in [6.45, 7) is 6.07. The van der Waals surface area contributed by atoms with Crippen LogP contribution in [0, 0.1) is 0 Å². The number of nitrogens with one attached hydrogen (secondary N) is 3. The quantitative estimate of drug-likeness (QED) is 0.446. The smallest absolute Gasteiger partial charge is 0.251 e. The van der Waals surface area contributed by atoms with Crippen LogP contribution in [-0.2, 0) is 24.2 Å². The van der Waals surface area contributed by atoms with Crippen LogP contribution in [-0.4, -0.2) is 63.7 Å². The van der Waals surface area contributed by atoms with Crippen LogP contribution in [0.3, 0.4) is 0 Å². The Balaban J connectivity index is 1.41. The predicted octanol–water partition coefficient (Wildman–Crippen LogP) is 1.79. The molecule has 3 N–H and O–H groups in total. The number of guanidine groups is 1. The zero-order valence-corrected chi connectivity index (χ0v) is 18.5. The molecule has 7 nitrogen and oxygen atoms in total. The van der Waals surface area contributed by atoms with Crippen molar-refractivity contribution in [3.63, 3.8) is 0 Å². The molecule has 7 heteroatoms. The summed E-state index contributed by atoms with van der Waals surface area (Å²) >= 11 is 0. The first-order valence-electron chi connectivity index (χ1n) is 10.8. The molecular weight excluding hydrogens is 390 g/mol. The van der Waals surface area contributed by atoms with Crippen LogP contribution in [0.4, 0.5) is 0 Å². The Bertz CT molecular complexity index is 861. The minimum Gasteiger partial charge on any atom is -0.379 e. The molecule has 31 heavy (non-hydrogen) atoms. The van der Waals surface area contributed by atoms with E-state index in [1.807, 2.05) is 24.3 Å². The second-order valence-electron chi connectivity index (χ2n) is 7.59. The van der Waals surface area contributed by atoms with E-state index in [0.717, 1.165) is 57.3 Å². The molecule has 2 aromatic carbocycles. The molecule has 0 saturated carbocycles. The number of carbonyl (C=O) groups excluding carboxylic acids is 1. The van der Waals surface area contributed by atoms with Crippen molar-refractivity contribution in [3.8, 4) is 0 Å². The van der Waals surface area contributed by atoms with Gasteiger partial charge in [0.2, 0.25) is 0 Å². The molecule has 1 saturated heterocycles. The molecule has 1 aliphatic rings. The summed E-state index contributed by atoms with van der Waals surface area (Å²) in [5, 5.41) is 9.35. The fourth-order valence-electron chi connectivity index (χ4n) is 3.52. The Morgan fingerprint density at radius 1 is 1.03 bits per heavy atom. The van der Waals surface area contributed by atoms with Gasteiger partial charge in [0.15, 0.2) is 5.96 Å². The van der Waals surface area contributed by atoms with Crippen molar-refractivity contribution in [2.45, 2.75) is 19.5 Å². The third-order valence-electron chi connectivity index (χ3n) is 5.34. The summed E-state index contributed by atoms with van der Waals surface area (Å²) in [7, 11) is 3.41. The maximum Gasteiger partial charge on any atom is 0.251 e. The van der Waals surface area contributed by atoms with Crippen LogP contribution in [0.1, 0.15) is 27.0 Å². The van der Waals surface area contributed by atoms with Crippen molar-refractivity contribution in [3.05, 3.63) is 70.8 Å². The number of hydrogen-bond acceptors (Lipinski definition) is 4. The molecule has 0 radical (unpaired) electrons. The zero-order valence-electron chi connectivity index (χ0n) is 18.5. The van der Waals surface area contributed by atoms with E-state index in [9.17, 15) is 4.79 Å². The van der Waals surface area contributed by atoms with Gasteiger partial charge in [-0.05, 0) is 35.2 Å². The highest BCUT2D eigenvalue weighted by molar-refractivity contribution is 5.94. The number of nitrogens with zero attached hydrogens (tertiary/aromatic N) is 2. The molecule has 3 rings (SSSR count). The summed E-state index contributed by atoms with van der Waals surface area (Å²) in [5.41, 5.74) is 4.33. The van der Waals surface area contributed by atoms with E-state index in [1.165, 1.54) is 11.1 Å². The first-order chi connectivity index (χ1) is 15.2. The molecule has 0 aromatic heterocycles. The minimum absolute atomic E-state index is 0.0664. The molecular formula is C24H33N5O2. The summed E-state index contributed by atoms with van der Waals surface area (Å²) < 4.78 is 5.41. The lowest BCUT2D eigenvalue weighted by Crippen LogP contribution is -2.37. The lowest BCUT2D eigenvalue weighted by molar-refractivity contribution is 0.0342. The molecule has 1 heterocycles. The summed E-state index contributed by atoms with van der Waals surface area (Å²) in [6, 6.07) is 16.4. The van der Waals surface area contributed by atoms with Crippen molar-refractivity contribution in [1.29, 1.82) is 0 Å². The average molecular weight is 424 g/mol. The van der Waals surface area contributed by atoms with Crippen LogP contribution < -0.4 is 16.0 Å². The predicted molar refractivity (Wildman–Crippen MR) is 124 cm³/mol. The van der Waals surface area contributed by atoms with Gasteiger partial charge >= 0.3 is 0 Å². The van der Waals surface area contributed by atoms with Gasteiger partial charge < -0.3 is 20.7 Å². The highest BCUT2D eigenvalue weighted by Gasteiger charge is 2.10. The molecule has 1 amide bonds. The van der Waals surface area contributed by atoms with E-state index in [4.69, 9.17) is 4.74 Å². The van der Waals surface area contributed by atoms with E-state index in [0.29, 0.717) is 12.1 Å². The minimum atomic E-state index is -0.0664. The van der Waals surface area contributed by atoms with Crippen LogP contribution in [0.15, 0.2) is 53.5 Å². The molecule has 0 spiro atoms. The first-order valence-corrected chi connectivity index (χ1v) is 10.8. The Labute approximate surface area is 184 Å². The van der Waals surface area contributed by atoms with Crippen molar-refractivity contribution in [2.75, 3.05) is 46.9 Å². The van der Waals surface area contributed by atoms with Crippen molar-refractivity contribution in [1.82, 2.24) is 20.9 Å². The topological polar surface area (TPSA) is 78.0 Å². The van der Waals surface area contributed by atoms with Crippen LogP contribution in [0.25, 0.3) is 0 Å². The number of ether oxygens (including phenoxy) is 1. The average Bonchev–Trinajstić information content (AvgIpc) is 2.82. The molecule has 0 bridgehead atoms. The summed E-state index contributed by atoms with van der Waals surface area (Å²) in [5.74, 6) is 0.697. The van der Waals surface area contributed by atoms with Gasteiger partial charge in [0.25, 0.3) is 5.91 Å². The second-order valence-corrected chi connectivity index (χ2v) is 7.59. The SMILES string of the molecule is CN=C(NCCc1cccc(C(=O)NC)c1)NCc1ccc(CN2CCOCC2)cc1. The maximum absolute atomic E-state index is 11.8. The van der Waals surface area contributed by atoms with Gasteiger partial charge in [0.05, 0.1) is 13.2 Å². The van der Waals surface area contributed by atoms with Crippen molar-refractivity contribution >= 4 is 11.9 Å². The fraction of sp³-hybridized carbons (Fsp3) is 0.417. The maximum atomic E-state index is 11.8. The van der Waals surface area contributed by atoms with E-state index < -0.39 is 0 Å². The number of aliphatic imine (C=N–C) groups is 1. The fourth-order valence-corrected chi connectivity index (χ4v) is 3.52. The second kappa shape index (κ2) is 12.1. The number of hydrogen-bond donors (Lipinski definition) is 3. The highest BCUT2D eigenvalue weighted by atomic mass is 16.5. The molecule has 2 aromatic rings. The van der Waals surface area contributed by atoms with Gasteiger partial charge in [-0.2, -0.15) is 0 Å². The van der Waals surface area contributed by atoms with Gasteiger partial charge in [-0.1, -0.05) is 36.4 Å². The molecule has 0 aliphatic carbocycles. The molecule has 166 valence electrons. The van der Waals surface area contributed by atoms with E-state index in [2.05, 4.69) is 50.1 Å². The summed E-state index contributed by atoms with van der Waals surface area (Å²) in [4.78, 5) is 18.5. The van der Waals surface area contributed by atoms with Gasteiger partial charge in [-0.15, -0.1) is 0 Å². The number of rotatable bonds is 8. The number of carbonyl (C=O) groups is 1. The van der Waals surface area contributed by atoms with Crippen molar-refractivity contribution in [2.24, 2.45) is 4.99 Å². The molecule has 0 unspecified atom stereocenters. The Morgan fingerprint density at radius 3 is 2.48 bits per heavy atom. The lowest BCUT2D eigenvalue weighted by Gasteiger charge is -2.26. The molecule has 1 fully saturated rings.